The van der Waals surface area contributed by atoms with E-state index < -0.39 is 10.2 Å². The Bertz CT molecular complexity index is 653. The Balaban J connectivity index is 2.00. The summed E-state index contributed by atoms with van der Waals surface area (Å²) in [5.74, 6) is 0.892. The van der Waals surface area contributed by atoms with E-state index in [1.807, 2.05) is 25.1 Å². The molecule has 0 aliphatic carbocycles. The number of hydrogen-bond acceptors (Lipinski definition) is 4. The number of nitrogens with one attached hydrogen (secondary N) is 2. The maximum atomic E-state index is 11.0. The predicted octanol–water partition coefficient (Wildman–Crippen LogP) is 1.94. The molecule has 1 aromatic heterocycles. The number of furan rings is 1. The van der Waals surface area contributed by atoms with E-state index in [9.17, 15) is 8.42 Å². The summed E-state index contributed by atoms with van der Waals surface area (Å²) in [6, 6.07) is 10.8. The average Bonchev–Trinajstić information content (AvgIpc) is 2.79. The van der Waals surface area contributed by atoms with E-state index in [2.05, 4.69) is 10.0 Å². The van der Waals surface area contributed by atoms with Gasteiger partial charge in [-0.15, -0.1) is 0 Å². The largest absolute Gasteiger partial charge is 0.469 e. The molecule has 0 saturated heterocycles. The van der Waals surface area contributed by atoms with E-state index in [0.29, 0.717) is 5.69 Å². The van der Waals surface area contributed by atoms with Gasteiger partial charge in [-0.3, -0.25) is 4.72 Å². The molecule has 7 heteroatoms. The molecule has 0 amide bonds. The lowest BCUT2D eigenvalue weighted by Gasteiger charge is -2.15. The van der Waals surface area contributed by atoms with Gasteiger partial charge in [-0.1, -0.05) is 6.07 Å². The lowest BCUT2D eigenvalue weighted by Crippen LogP contribution is -2.22. The molecule has 4 N–H and O–H groups in total. The summed E-state index contributed by atoms with van der Waals surface area (Å²) in [7, 11) is -3.76. The Hall–Kier alpha value is -1.99. The lowest BCUT2D eigenvalue weighted by molar-refractivity contribution is 0.498. The highest BCUT2D eigenvalue weighted by molar-refractivity contribution is 7.90. The van der Waals surface area contributed by atoms with Gasteiger partial charge in [0.15, 0.2) is 0 Å². The molecule has 0 fully saturated rings. The summed E-state index contributed by atoms with van der Waals surface area (Å²) >= 11 is 0. The lowest BCUT2D eigenvalue weighted by atomic mass is 10.2. The van der Waals surface area contributed by atoms with Gasteiger partial charge >= 0.3 is 0 Å². The first-order valence-electron chi connectivity index (χ1n) is 6.12. The van der Waals surface area contributed by atoms with E-state index in [-0.39, 0.29) is 6.04 Å². The molecule has 2 rings (SSSR count). The summed E-state index contributed by atoms with van der Waals surface area (Å²) in [5, 5.41) is 8.21. The molecule has 1 aromatic carbocycles. The summed E-state index contributed by atoms with van der Waals surface area (Å²) in [4.78, 5) is 0. The zero-order valence-electron chi connectivity index (χ0n) is 11.0. The van der Waals surface area contributed by atoms with E-state index in [1.165, 1.54) is 0 Å². The quantitative estimate of drug-likeness (QED) is 0.758. The molecule has 0 radical (unpaired) electrons. The van der Waals surface area contributed by atoms with Crippen LogP contribution >= 0.6 is 0 Å². The Labute approximate surface area is 118 Å². The van der Waals surface area contributed by atoms with Gasteiger partial charge in [0.05, 0.1) is 12.0 Å². The maximum absolute atomic E-state index is 11.0. The van der Waals surface area contributed by atoms with Crippen LogP contribution in [0.2, 0.25) is 0 Å². The molecule has 2 aromatic rings. The van der Waals surface area contributed by atoms with Crippen molar-refractivity contribution >= 4 is 21.6 Å². The normalized spacial score (nSPS) is 12.9. The highest BCUT2D eigenvalue weighted by Gasteiger charge is 2.07. The number of benzene rings is 1. The smallest absolute Gasteiger partial charge is 0.296 e. The minimum Gasteiger partial charge on any atom is -0.469 e. The van der Waals surface area contributed by atoms with Crippen molar-refractivity contribution in [3.63, 3.8) is 0 Å². The van der Waals surface area contributed by atoms with Crippen LogP contribution in [0.1, 0.15) is 12.7 Å². The first-order valence-corrected chi connectivity index (χ1v) is 7.66. The topological polar surface area (TPSA) is 97.4 Å². The fraction of sp³-hybridized carbons (Fsp3) is 0.231. The van der Waals surface area contributed by atoms with Crippen LogP contribution in [0.5, 0.6) is 0 Å². The number of anilines is 2. The van der Waals surface area contributed by atoms with Crippen LogP contribution in [-0.2, 0) is 16.6 Å². The second-order valence-corrected chi connectivity index (χ2v) is 5.85. The number of rotatable bonds is 6. The van der Waals surface area contributed by atoms with Gasteiger partial charge in [0.2, 0.25) is 0 Å². The maximum Gasteiger partial charge on any atom is 0.296 e. The van der Waals surface area contributed by atoms with Crippen molar-refractivity contribution in [1.29, 1.82) is 0 Å². The number of hydrogen-bond donors (Lipinski definition) is 3. The molecular formula is C13H17N3O3S. The van der Waals surface area contributed by atoms with Crippen LogP contribution in [-0.4, -0.2) is 14.5 Å². The van der Waals surface area contributed by atoms with Crippen LogP contribution in [0.15, 0.2) is 47.1 Å². The van der Waals surface area contributed by atoms with E-state index in [0.717, 1.165) is 17.9 Å². The molecule has 0 bridgehead atoms. The minimum atomic E-state index is -3.76. The fourth-order valence-electron chi connectivity index (χ4n) is 1.90. The van der Waals surface area contributed by atoms with Gasteiger partial charge in [-0.2, -0.15) is 8.42 Å². The Morgan fingerprint density at radius 2 is 2.00 bits per heavy atom. The van der Waals surface area contributed by atoms with Crippen molar-refractivity contribution in [3.8, 4) is 0 Å². The Morgan fingerprint density at radius 1 is 1.25 bits per heavy atom. The van der Waals surface area contributed by atoms with Crippen LogP contribution in [0.3, 0.4) is 0 Å². The molecule has 1 heterocycles. The van der Waals surface area contributed by atoms with Gasteiger partial charge in [0, 0.05) is 18.2 Å². The molecule has 0 spiro atoms. The zero-order valence-corrected chi connectivity index (χ0v) is 11.9. The molecule has 0 aliphatic heterocycles. The van der Waals surface area contributed by atoms with Crippen LogP contribution in [0.4, 0.5) is 11.4 Å². The van der Waals surface area contributed by atoms with E-state index in [4.69, 9.17) is 9.56 Å². The standard InChI is InChI=1S/C13H17N3O3S/c1-10(8-13-6-3-7-19-13)15-11-4-2-5-12(9-11)16-20(14,17)18/h2-7,9-10,15-16H,8H2,1H3,(H2,14,17,18). The first-order chi connectivity index (χ1) is 9.42. The Morgan fingerprint density at radius 3 is 2.65 bits per heavy atom. The van der Waals surface area contributed by atoms with Crippen molar-refractivity contribution in [3.05, 3.63) is 48.4 Å². The minimum absolute atomic E-state index is 0.144. The van der Waals surface area contributed by atoms with Gasteiger partial charge in [0.1, 0.15) is 5.76 Å². The van der Waals surface area contributed by atoms with Crippen molar-refractivity contribution < 1.29 is 12.8 Å². The van der Waals surface area contributed by atoms with Crippen LogP contribution in [0.25, 0.3) is 0 Å². The molecule has 0 aliphatic rings. The van der Waals surface area contributed by atoms with Gasteiger partial charge in [-0.05, 0) is 37.3 Å². The molecule has 1 atom stereocenters. The predicted molar refractivity (Wildman–Crippen MR) is 78.7 cm³/mol. The zero-order chi connectivity index (χ0) is 14.6. The van der Waals surface area contributed by atoms with Crippen molar-refractivity contribution in [1.82, 2.24) is 0 Å². The first kappa shape index (κ1) is 14.4. The van der Waals surface area contributed by atoms with E-state index in [1.54, 1.807) is 24.5 Å². The average molecular weight is 295 g/mol. The van der Waals surface area contributed by atoms with Crippen LogP contribution in [0, 0.1) is 0 Å². The summed E-state index contributed by atoms with van der Waals surface area (Å²) in [6.45, 7) is 2.02. The molecule has 6 nitrogen and oxygen atoms in total. The molecular weight excluding hydrogens is 278 g/mol. The molecule has 108 valence electrons. The van der Waals surface area contributed by atoms with Crippen molar-refractivity contribution in [2.24, 2.45) is 5.14 Å². The molecule has 0 saturated carbocycles. The SMILES string of the molecule is CC(Cc1ccco1)Nc1cccc(NS(N)(=O)=O)c1. The third kappa shape index (κ3) is 4.60. The number of nitrogens with two attached hydrogens (primary N) is 1. The highest BCUT2D eigenvalue weighted by atomic mass is 32.2. The highest BCUT2D eigenvalue weighted by Crippen LogP contribution is 2.17. The molecule has 20 heavy (non-hydrogen) atoms. The second kappa shape index (κ2) is 5.98. The van der Waals surface area contributed by atoms with Gasteiger partial charge in [0.25, 0.3) is 10.2 Å². The summed E-state index contributed by atoms with van der Waals surface area (Å²) in [5.41, 5.74) is 1.22. The summed E-state index contributed by atoms with van der Waals surface area (Å²) < 4.78 is 29.5. The van der Waals surface area contributed by atoms with Crippen molar-refractivity contribution in [2.45, 2.75) is 19.4 Å². The van der Waals surface area contributed by atoms with Gasteiger partial charge < -0.3 is 9.73 Å². The van der Waals surface area contributed by atoms with Crippen molar-refractivity contribution in [2.75, 3.05) is 10.0 Å². The third-order valence-electron chi connectivity index (χ3n) is 2.62. The Kier molecular flexibility index (Phi) is 4.31. The summed E-state index contributed by atoms with van der Waals surface area (Å²) in [6.07, 6.45) is 2.37. The fourth-order valence-corrected chi connectivity index (χ4v) is 2.36. The van der Waals surface area contributed by atoms with E-state index >= 15 is 0 Å². The third-order valence-corrected chi connectivity index (χ3v) is 3.14. The van der Waals surface area contributed by atoms with Crippen LogP contribution < -0.4 is 15.2 Å². The monoisotopic (exact) mass is 295 g/mol. The van der Waals surface area contributed by atoms with Gasteiger partial charge in [-0.25, -0.2) is 5.14 Å². The molecule has 1 unspecified atom stereocenters. The second-order valence-electron chi connectivity index (χ2n) is 4.56.